The van der Waals surface area contributed by atoms with Crippen molar-refractivity contribution in [1.29, 1.82) is 0 Å². The zero-order valence-electron chi connectivity index (χ0n) is 20.9. The lowest BCUT2D eigenvalue weighted by Crippen LogP contribution is -2.42. The molecule has 0 unspecified atom stereocenters. The van der Waals surface area contributed by atoms with E-state index in [4.69, 9.17) is 9.84 Å². The fourth-order valence-electron chi connectivity index (χ4n) is 4.64. The third kappa shape index (κ3) is 6.19. The number of rotatable bonds is 9. The van der Waals surface area contributed by atoms with Gasteiger partial charge in [0.25, 0.3) is 5.91 Å². The first-order valence-electron chi connectivity index (χ1n) is 11.8. The molecule has 0 spiro atoms. The summed E-state index contributed by atoms with van der Waals surface area (Å²) in [6, 6.07) is 17.9. The smallest absolute Gasteiger partial charge is 0.405 e. The molecule has 2 N–H and O–H groups in total. The minimum absolute atomic E-state index is 0.0718. The van der Waals surface area contributed by atoms with Crippen molar-refractivity contribution in [3.8, 4) is 5.75 Å². The van der Waals surface area contributed by atoms with Crippen LogP contribution in [0, 0.1) is 0 Å². The number of nitrogens with one attached hydrogen (secondary N) is 1. The predicted molar refractivity (Wildman–Crippen MR) is 135 cm³/mol. The molecule has 3 rings (SSSR count). The molecule has 34 heavy (non-hydrogen) atoms. The van der Waals surface area contributed by atoms with Crippen LogP contribution in [0.5, 0.6) is 5.75 Å². The quantitative estimate of drug-likeness (QED) is 0.455. The van der Waals surface area contributed by atoms with E-state index in [0.717, 1.165) is 34.4 Å². The Bertz CT molecular complexity index is 1040. The second kappa shape index (κ2) is 10.3. The van der Waals surface area contributed by atoms with Gasteiger partial charge in [0.05, 0.1) is 7.11 Å². The SMILES string of the molecule is COc1ccc(CN2C(=O)/C(=C(\CCCC(C)(C)NC(=O)O)c3ccccc3)CC2(C)C)cc1. The van der Waals surface area contributed by atoms with Gasteiger partial charge in [-0.15, -0.1) is 0 Å². The van der Waals surface area contributed by atoms with E-state index in [1.807, 2.05) is 61.2 Å². The van der Waals surface area contributed by atoms with Gasteiger partial charge in [-0.2, -0.15) is 0 Å². The molecule has 182 valence electrons. The molecule has 0 saturated carbocycles. The molecule has 1 heterocycles. The second-order valence-corrected chi connectivity index (χ2v) is 10.2. The van der Waals surface area contributed by atoms with Crippen LogP contribution in [0.3, 0.4) is 0 Å². The summed E-state index contributed by atoms with van der Waals surface area (Å²) in [7, 11) is 1.64. The van der Waals surface area contributed by atoms with Gasteiger partial charge in [-0.05, 0) is 75.8 Å². The summed E-state index contributed by atoms with van der Waals surface area (Å²) in [5.74, 6) is 0.866. The summed E-state index contributed by atoms with van der Waals surface area (Å²) in [5.41, 5.74) is 3.19. The molecular weight excluding hydrogens is 428 g/mol. The lowest BCUT2D eigenvalue weighted by molar-refractivity contribution is -0.128. The predicted octanol–water partition coefficient (Wildman–Crippen LogP) is 5.88. The van der Waals surface area contributed by atoms with Crippen molar-refractivity contribution >= 4 is 17.6 Å². The van der Waals surface area contributed by atoms with Crippen molar-refractivity contribution in [2.75, 3.05) is 7.11 Å². The summed E-state index contributed by atoms with van der Waals surface area (Å²) >= 11 is 0. The van der Waals surface area contributed by atoms with Gasteiger partial charge in [0.2, 0.25) is 0 Å². The Morgan fingerprint density at radius 3 is 2.35 bits per heavy atom. The number of amides is 2. The molecule has 2 aromatic rings. The number of methoxy groups -OCH3 is 1. The van der Waals surface area contributed by atoms with E-state index in [1.54, 1.807) is 7.11 Å². The van der Waals surface area contributed by atoms with E-state index in [1.165, 1.54) is 0 Å². The van der Waals surface area contributed by atoms with Crippen molar-refractivity contribution in [3.05, 3.63) is 71.3 Å². The standard InChI is InChI=1S/C28H36N2O4/c1-27(2,29-26(32)33)17-9-12-23(21-10-7-6-8-11-21)24-18-28(3,4)30(25(24)31)19-20-13-15-22(34-5)16-14-20/h6-8,10-11,13-16,29H,9,12,17-19H2,1-5H3,(H,32,33)/b24-23+. The van der Waals surface area contributed by atoms with Crippen molar-refractivity contribution < 1.29 is 19.4 Å². The topological polar surface area (TPSA) is 78.9 Å². The summed E-state index contributed by atoms with van der Waals surface area (Å²) in [4.78, 5) is 26.8. The number of likely N-dealkylation sites (tertiary alicyclic amines) is 1. The van der Waals surface area contributed by atoms with Crippen molar-refractivity contribution in [1.82, 2.24) is 10.2 Å². The third-order valence-electron chi connectivity index (χ3n) is 6.50. The maximum absolute atomic E-state index is 13.7. The second-order valence-electron chi connectivity index (χ2n) is 10.2. The van der Waals surface area contributed by atoms with Gasteiger partial charge in [-0.25, -0.2) is 4.79 Å². The maximum Gasteiger partial charge on any atom is 0.405 e. The maximum atomic E-state index is 13.7. The van der Waals surface area contributed by atoms with Gasteiger partial charge in [0, 0.05) is 29.6 Å². The van der Waals surface area contributed by atoms with Crippen LogP contribution in [0.2, 0.25) is 0 Å². The van der Waals surface area contributed by atoms with Crippen molar-refractivity contribution in [2.45, 2.75) is 71.0 Å². The average Bonchev–Trinajstić information content (AvgIpc) is 3.00. The summed E-state index contributed by atoms with van der Waals surface area (Å²) in [6.07, 6.45) is 1.81. The zero-order valence-corrected chi connectivity index (χ0v) is 20.9. The minimum Gasteiger partial charge on any atom is -0.497 e. The molecule has 1 fully saturated rings. The van der Waals surface area contributed by atoms with Crippen LogP contribution in [0.4, 0.5) is 4.79 Å². The molecule has 1 aliphatic rings. The van der Waals surface area contributed by atoms with Crippen LogP contribution in [0.15, 0.2) is 60.2 Å². The molecule has 6 heteroatoms. The molecule has 0 atom stereocenters. The van der Waals surface area contributed by atoms with Crippen LogP contribution >= 0.6 is 0 Å². The number of carbonyl (C=O) groups excluding carboxylic acids is 1. The number of allylic oxidation sites excluding steroid dienone is 1. The zero-order chi connectivity index (χ0) is 24.9. The average molecular weight is 465 g/mol. The van der Waals surface area contributed by atoms with Crippen molar-refractivity contribution in [2.24, 2.45) is 0 Å². The molecule has 1 saturated heterocycles. The van der Waals surface area contributed by atoms with Crippen LogP contribution in [0.1, 0.15) is 64.5 Å². The lowest BCUT2D eigenvalue weighted by atomic mass is 9.88. The lowest BCUT2D eigenvalue weighted by Gasteiger charge is -2.31. The van der Waals surface area contributed by atoms with E-state index in [-0.39, 0.29) is 11.4 Å². The molecule has 0 bridgehead atoms. The van der Waals surface area contributed by atoms with Crippen molar-refractivity contribution in [3.63, 3.8) is 0 Å². The minimum atomic E-state index is -1.02. The highest BCUT2D eigenvalue weighted by atomic mass is 16.5. The summed E-state index contributed by atoms with van der Waals surface area (Å²) in [6.45, 7) is 8.54. The molecule has 0 aromatic heterocycles. The largest absolute Gasteiger partial charge is 0.497 e. The summed E-state index contributed by atoms with van der Waals surface area (Å²) < 4.78 is 5.26. The van der Waals surface area contributed by atoms with Gasteiger partial charge < -0.3 is 20.1 Å². The Kier molecular flexibility index (Phi) is 7.70. The fraction of sp³-hybridized carbons (Fsp3) is 0.429. The third-order valence-corrected chi connectivity index (χ3v) is 6.50. The van der Waals surface area contributed by atoms with Gasteiger partial charge in [-0.1, -0.05) is 42.5 Å². The first kappa shape index (κ1) is 25.3. The van der Waals surface area contributed by atoms with Gasteiger partial charge in [-0.3, -0.25) is 4.79 Å². The highest BCUT2D eigenvalue weighted by Gasteiger charge is 2.42. The number of hydrogen-bond acceptors (Lipinski definition) is 3. The molecule has 2 aromatic carbocycles. The number of hydrogen-bond donors (Lipinski definition) is 2. The van der Waals surface area contributed by atoms with Crippen LogP contribution in [0.25, 0.3) is 5.57 Å². The van der Waals surface area contributed by atoms with Crippen LogP contribution < -0.4 is 10.1 Å². The molecular formula is C28H36N2O4. The highest BCUT2D eigenvalue weighted by molar-refractivity contribution is 6.04. The van der Waals surface area contributed by atoms with E-state index in [9.17, 15) is 9.59 Å². The molecule has 0 radical (unpaired) electrons. The monoisotopic (exact) mass is 464 g/mol. The normalized spacial score (nSPS) is 17.0. The Morgan fingerprint density at radius 1 is 1.12 bits per heavy atom. The Morgan fingerprint density at radius 2 is 1.76 bits per heavy atom. The number of nitrogens with zero attached hydrogens (tertiary/aromatic N) is 1. The molecule has 0 aliphatic carbocycles. The number of carboxylic acid groups (broad SMARTS) is 1. The highest BCUT2D eigenvalue weighted by Crippen LogP contribution is 2.40. The Hall–Kier alpha value is -3.28. The van der Waals surface area contributed by atoms with Gasteiger partial charge >= 0.3 is 6.09 Å². The van der Waals surface area contributed by atoms with E-state index in [0.29, 0.717) is 25.8 Å². The van der Waals surface area contributed by atoms with E-state index < -0.39 is 11.6 Å². The van der Waals surface area contributed by atoms with Gasteiger partial charge in [0.1, 0.15) is 5.75 Å². The van der Waals surface area contributed by atoms with E-state index in [2.05, 4.69) is 31.3 Å². The Labute approximate surface area is 202 Å². The Balaban J connectivity index is 1.87. The molecule has 1 aliphatic heterocycles. The fourth-order valence-corrected chi connectivity index (χ4v) is 4.64. The number of ether oxygens (including phenoxy) is 1. The number of carbonyl (C=O) groups is 2. The van der Waals surface area contributed by atoms with E-state index >= 15 is 0 Å². The van der Waals surface area contributed by atoms with Crippen LogP contribution in [-0.4, -0.2) is 40.2 Å². The first-order chi connectivity index (χ1) is 16.0. The van der Waals surface area contributed by atoms with Gasteiger partial charge in [0.15, 0.2) is 0 Å². The molecule has 2 amide bonds. The van der Waals surface area contributed by atoms with Crippen LogP contribution in [-0.2, 0) is 11.3 Å². The number of benzene rings is 2. The summed E-state index contributed by atoms with van der Waals surface area (Å²) in [5, 5.41) is 11.7. The first-order valence-corrected chi connectivity index (χ1v) is 11.8. The molecule has 6 nitrogen and oxygen atoms in total.